The Morgan fingerprint density at radius 1 is 1.44 bits per heavy atom. The number of nitrogens with one attached hydrogen (secondary N) is 1. The van der Waals surface area contributed by atoms with E-state index in [9.17, 15) is 9.18 Å². The molecule has 2 aromatic heterocycles. The highest BCUT2D eigenvalue weighted by atomic mass is 32.2. The maximum Gasteiger partial charge on any atom is 0.239 e. The third-order valence-electron chi connectivity index (χ3n) is 3.48. The minimum atomic E-state index is -0.369. The van der Waals surface area contributed by atoms with Crippen LogP contribution in [0.5, 0.6) is 0 Å². The molecule has 2 heterocycles. The maximum atomic E-state index is 13.5. The standard InChI is InChI=1S/C17H17FN4O2S/c1-3-14(16(23)20-15-9-11(2)24-21-15)25-17-19-7-8-22(17)13-6-4-5-12(18)10-13/h4-10,14H,3H2,1-2H3,(H,20,21,23)/t14-/m1/s1. The molecule has 0 saturated carbocycles. The maximum absolute atomic E-state index is 13.5. The highest BCUT2D eigenvalue weighted by Gasteiger charge is 2.22. The predicted octanol–water partition coefficient (Wildman–Crippen LogP) is 3.82. The number of aromatic nitrogens is 3. The molecule has 0 radical (unpaired) electrons. The smallest absolute Gasteiger partial charge is 0.239 e. The Hall–Kier alpha value is -2.61. The number of nitrogens with zero attached hydrogens (tertiary/aromatic N) is 3. The summed E-state index contributed by atoms with van der Waals surface area (Å²) in [6.07, 6.45) is 3.96. The van der Waals surface area contributed by atoms with E-state index in [1.165, 1.54) is 23.9 Å². The molecule has 130 valence electrons. The first-order valence-electron chi connectivity index (χ1n) is 7.77. The highest BCUT2D eigenvalue weighted by Crippen LogP contribution is 2.27. The van der Waals surface area contributed by atoms with E-state index >= 15 is 0 Å². The number of carbonyl (C=O) groups is 1. The fourth-order valence-electron chi connectivity index (χ4n) is 2.28. The summed E-state index contributed by atoms with van der Waals surface area (Å²) < 4.78 is 20.2. The number of halogens is 1. The second-order valence-corrected chi connectivity index (χ2v) is 6.56. The minimum absolute atomic E-state index is 0.186. The summed E-state index contributed by atoms with van der Waals surface area (Å²) in [5, 5.41) is 6.74. The van der Waals surface area contributed by atoms with Gasteiger partial charge in [0, 0.05) is 18.5 Å². The second-order valence-electron chi connectivity index (χ2n) is 5.39. The SMILES string of the molecule is CC[C@@H](Sc1nccn1-c1cccc(F)c1)C(=O)Nc1cc(C)on1. The molecule has 8 heteroatoms. The number of hydrogen-bond donors (Lipinski definition) is 1. The number of aryl methyl sites for hydroxylation is 1. The van der Waals surface area contributed by atoms with Crippen LogP contribution >= 0.6 is 11.8 Å². The van der Waals surface area contributed by atoms with Gasteiger partial charge in [0.05, 0.1) is 10.9 Å². The number of carbonyl (C=O) groups excluding carboxylic acids is 1. The van der Waals surface area contributed by atoms with E-state index in [1.807, 2.05) is 6.92 Å². The third kappa shape index (κ3) is 4.08. The molecule has 0 unspecified atom stereocenters. The zero-order valence-electron chi connectivity index (χ0n) is 13.8. The van der Waals surface area contributed by atoms with Gasteiger partial charge in [0.2, 0.25) is 5.91 Å². The first kappa shape index (κ1) is 17.2. The number of hydrogen-bond acceptors (Lipinski definition) is 5. The molecule has 1 atom stereocenters. The highest BCUT2D eigenvalue weighted by molar-refractivity contribution is 8.00. The van der Waals surface area contributed by atoms with Crippen LogP contribution in [-0.4, -0.2) is 25.9 Å². The Morgan fingerprint density at radius 3 is 2.96 bits per heavy atom. The first-order valence-corrected chi connectivity index (χ1v) is 8.65. The molecule has 25 heavy (non-hydrogen) atoms. The van der Waals surface area contributed by atoms with Gasteiger partial charge in [-0.2, -0.15) is 0 Å². The first-order chi connectivity index (χ1) is 12.1. The van der Waals surface area contributed by atoms with Crippen LogP contribution in [0.15, 0.2) is 52.4 Å². The quantitative estimate of drug-likeness (QED) is 0.677. The van der Waals surface area contributed by atoms with E-state index in [0.717, 1.165) is 0 Å². The zero-order valence-corrected chi connectivity index (χ0v) is 14.6. The van der Waals surface area contributed by atoms with Crippen molar-refractivity contribution in [2.45, 2.75) is 30.7 Å². The number of benzene rings is 1. The van der Waals surface area contributed by atoms with Gasteiger partial charge in [-0.25, -0.2) is 9.37 Å². The van der Waals surface area contributed by atoms with Gasteiger partial charge in [-0.1, -0.05) is 29.9 Å². The van der Waals surface area contributed by atoms with Crippen molar-refractivity contribution in [1.82, 2.24) is 14.7 Å². The molecule has 3 rings (SSSR count). The van der Waals surface area contributed by atoms with Gasteiger partial charge in [0.1, 0.15) is 11.6 Å². The molecule has 0 aliphatic rings. The van der Waals surface area contributed by atoms with E-state index in [-0.39, 0.29) is 17.0 Å². The fraction of sp³-hybridized carbons (Fsp3) is 0.235. The molecular formula is C17H17FN4O2S. The lowest BCUT2D eigenvalue weighted by Crippen LogP contribution is -2.25. The lowest BCUT2D eigenvalue weighted by molar-refractivity contribution is -0.115. The molecule has 0 saturated heterocycles. The summed E-state index contributed by atoms with van der Waals surface area (Å²) in [6, 6.07) is 7.88. The Balaban J connectivity index is 1.76. The van der Waals surface area contributed by atoms with Crippen LogP contribution in [0, 0.1) is 12.7 Å². The van der Waals surface area contributed by atoms with Crippen molar-refractivity contribution in [2.75, 3.05) is 5.32 Å². The van der Waals surface area contributed by atoms with E-state index in [1.54, 1.807) is 42.1 Å². The number of anilines is 1. The molecular weight excluding hydrogens is 343 g/mol. The lowest BCUT2D eigenvalue weighted by Gasteiger charge is -2.14. The molecule has 0 bridgehead atoms. The van der Waals surface area contributed by atoms with Crippen LogP contribution in [0.1, 0.15) is 19.1 Å². The number of rotatable bonds is 6. The van der Waals surface area contributed by atoms with E-state index in [0.29, 0.717) is 28.8 Å². The van der Waals surface area contributed by atoms with Crippen LogP contribution in [-0.2, 0) is 4.79 Å². The zero-order chi connectivity index (χ0) is 17.8. The van der Waals surface area contributed by atoms with Gasteiger partial charge >= 0.3 is 0 Å². The molecule has 0 aliphatic carbocycles. The Bertz CT molecular complexity index is 877. The van der Waals surface area contributed by atoms with E-state index in [2.05, 4.69) is 15.5 Å². The Labute approximate surface area is 148 Å². The molecule has 1 aromatic carbocycles. The van der Waals surface area contributed by atoms with Gasteiger partial charge in [-0.15, -0.1) is 0 Å². The fourth-order valence-corrected chi connectivity index (χ4v) is 3.27. The molecule has 1 N–H and O–H groups in total. The van der Waals surface area contributed by atoms with Gasteiger partial charge < -0.3 is 9.84 Å². The topological polar surface area (TPSA) is 73.0 Å². The number of imidazole rings is 1. The van der Waals surface area contributed by atoms with Crippen LogP contribution in [0.25, 0.3) is 5.69 Å². The molecule has 0 fully saturated rings. The summed E-state index contributed by atoms with van der Waals surface area (Å²) in [6.45, 7) is 3.67. The van der Waals surface area contributed by atoms with Gasteiger partial charge in [0.15, 0.2) is 11.0 Å². The van der Waals surface area contributed by atoms with Crippen molar-refractivity contribution in [3.8, 4) is 5.69 Å². The van der Waals surface area contributed by atoms with Crippen molar-refractivity contribution < 1.29 is 13.7 Å². The monoisotopic (exact) mass is 360 g/mol. The number of thioether (sulfide) groups is 1. The Morgan fingerprint density at radius 2 is 2.28 bits per heavy atom. The summed E-state index contributed by atoms with van der Waals surface area (Å²) >= 11 is 1.32. The average molecular weight is 360 g/mol. The third-order valence-corrected chi connectivity index (χ3v) is 4.83. The molecule has 6 nitrogen and oxygen atoms in total. The molecule has 1 amide bonds. The summed E-state index contributed by atoms with van der Waals surface area (Å²) in [7, 11) is 0. The van der Waals surface area contributed by atoms with Gasteiger partial charge in [-0.05, 0) is 31.5 Å². The van der Waals surface area contributed by atoms with Crippen molar-refractivity contribution in [1.29, 1.82) is 0 Å². The number of amides is 1. The van der Waals surface area contributed by atoms with Crippen molar-refractivity contribution in [2.24, 2.45) is 0 Å². The summed E-state index contributed by atoms with van der Waals surface area (Å²) in [5.41, 5.74) is 0.655. The van der Waals surface area contributed by atoms with Crippen LogP contribution in [0.4, 0.5) is 10.2 Å². The van der Waals surface area contributed by atoms with Crippen LogP contribution in [0.2, 0.25) is 0 Å². The summed E-state index contributed by atoms with van der Waals surface area (Å²) in [4.78, 5) is 16.8. The lowest BCUT2D eigenvalue weighted by atomic mass is 10.3. The molecule has 0 spiro atoms. The largest absolute Gasteiger partial charge is 0.360 e. The van der Waals surface area contributed by atoms with E-state index in [4.69, 9.17) is 4.52 Å². The van der Waals surface area contributed by atoms with Gasteiger partial charge in [0.25, 0.3) is 0 Å². The average Bonchev–Trinajstić information content (AvgIpc) is 3.21. The summed E-state index contributed by atoms with van der Waals surface area (Å²) in [5.74, 6) is 0.496. The predicted molar refractivity (Wildman–Crippen MR) is 93.3 cm³/mol. The molecule has 0 aliphatic heterocycles. The normalized spacial score (nSPS) is 12.1. The van der Waals surface area contributed by atoms with Crippen molar-refractivity contribution in [3.05, 3.63) is 54.3 Å². The minimum Gasteiger partial charge on any atom is -0.360 e. The van der Waals surface area contributed by atoms with Crippen molar-refractivity contribution in [3.63, 3.8) is 0 Å². The van der Waals surface area contributed by atoms with Crippen LogP contribution in [0.3, 0.4) is 0 Å². The second kappa shape index (κ2) is 7.52. The van der Waals surface area contributed by atoms with Crippen LogP contribution < -0.4 is 5.32 Å². The Kier molecular flexibility index (Phi) is 5.18. The van der Waals surface area contributed by atoms with Gasteiger partial charge in [-0.3, -0.25) is 9.36 Å². The van der Waals surface area contributed by atoms with Crippen molar-refractivity contribution >= 4 is 23.5 Å². The van der Waals surface area contributed by atoms with E-state index < -0.39 is 0 Å². The molecule has 3 aromatic rings.